The maximum atomic E-state index is 5.40. The van der Waals surface area contributed by atoms with Gasteiger partial charge in [0.15, 0.2) is 0 Å². The van der Waals surface area contributed by atoms with Crippen molar-refractivity contribution >= 4 is 23.6 Å². The van der Waals surface area contributed by atoms with E-state index in [1.165, 1.54) is 81.2 Å². The third-order valence-corrected chi connectivity index (χ3v) is 5.99. The van der Waals surface area contributed by atoms with Gasteiger partial charge in [0.25, 0.3) is 0 Å². The summed E-state index contributed by atoms with van der Waals surface area (Å²) >= 11 is 7.13. The van der Waals surface area contributed by atoms with E-state index in [2.05, 4.69) is 40.1 Å². The summed E-state index contributed by atoms with van der Waals surface area (Å²) in [6, 6.07) is 2.18. The maximum absolute atomic E-state index is 5.40. The van der Waals surface area contributed by atoms with Crippen molar-refractivity contribution < 1.29 is 0 Å². The van der Waals surface area contributed by atoms with E-state index in [0.717, 1.165) is 12.2 Å². The normalized spacial score (nSPS) is 11.3. The van der Waals surface area contributed by atoms with Crippen LogP contribution in [0.15, 0.2) is 11.4 Å². The highest BCUT2D eigenvalue weighted by Gasteiger charge is 2.09. The summed E-state index contributed by atoms with van der Waals surface area (Å²) in [5.74, 6) is 1.07. The Balaban J connectivity index is 1.61. The van der Waals surface area contributed by atoms with E-state index in [1.807, 2.05) is 0 Å². The number of unbranched alkanes of at least 4 members (excludes halogenated alkanes) is 10. The molecule has 5 heteroatoms. The first-order valence-electron chi connectivity index (χ1n) is 9.94. The van der Waals surface area contributed by atoms with E-state index in [9.17, 15) is 0 Å². The second kappa shape index (κ2) is 11.6. The standard InChI is InChI=1S/C20H33N3S2/c1-3-4-5-6-7-8-9-10-11-12-13-14-18-21-22-20(24)23(18)19-15-17(2)16-25-19/h15-16H,3-14H2,1-2H3,(H,22,24). The van der Waals surface area contributed by atoms with Crippen molar-refractivity contribution in [2.45, 2.75) is 90.9 Å². The SMILES string of the molecule is CCCCCCCCCCCCCc1n[nH]c(=S)n1-c1cc(C)cs1. The quantitative estimate of drug-likeness (QED) is 0.296. The highest BCUT2D eigenvalue weighted by atomic mass is 32.1. The van der Waals surface area contributed by atoms with Crippen LogP contribution in [0.2, 0.25) is 0 Å². The van der Waals surface area contributed by atoms with Crippen molar-refractivity contribution in [1.29, 1.82) is 0 Å². The van der Waals surface area contributed by atoms with Crippen LogP contribution >= 0.6 is 23.6 Å². The van der Waals surface area contributed by atoms with Gasteiger partial charge in [-0.25, -0.2) is 0 Å². The Morgan fingerprint density at radius 1 is 1.00 bits per heavy atom. The van der Waals surface area contributed by atoms with Gasteiger partial charge in [-0.15, -0.1) is 11.3 Å². The smallest absolute Gasteiger partial charge is 0.200 e. The van der Waals surface area contributed by atoms with Crippen LogP contribution in [0, 0.1) is 11.7 Å². The molecule has 3 nitrogen and oxygen atoms in total. The van der Waals surface area contributed by atoms with E-state index in [1.54, 1.807) is 11.3 Å². The Labute approximate surface area is 161 Å². The molecule has 0 bridgehead atoms. The number of H-pyrrole nitrogens is 1. The number of hydrogen-bond acceptors (Lipinski definition) is 3. The average molecular weight is 380 g/mol. The lowest BCUT2D eigenvalue weighted by Gasteiger charge is -2.05. The minimum Gasteiger partial charge on any atom is -0.263 e. The summed E-state index contributed by atoms with van der Waals surface area (Å²) in [7, 11) is 0. The van der Waals surface area contributed by atoms with Gasteiger partial charge in [-0.2, -0.15) is 5.10 Å². The number of nitrogens with one attached hydrogen (secondary N) is 1. The van der Waals surface area contributed by atoms with Crippen molar-refractivity contribution in [2.24, 2.45) is 0 Å². The van der Waals surface area contributed by atoms with Crippen LogP contribution < -0.4 is 0 Å². The molecule has 25 heavy (non-hydrogen) atoms. The van der Waals surface area contributed by atoms with Crippen molar-refractivity contribution in [3.8, 4) is 5.00 Å². The molecule has 0 aromatic carbocycles. The lowest BCUT2D eigenvalue weighted by atomic mass is 10.1. The molecule has 0 unspecified atom stereocenters. The zero-order valence-electron chi connectivity index (χ0n) is 15.9. The molecule has 0 amide bonds. The van der Waals surface area contributed by atoms with E-state index in [-0.39, 0.29) is 0 Å². The summed E-state index contributed by atoms with van der Waals surface area (Å²) in [6.07, 6.45) is 16.1. The van der Waals surface area contributed by atoms with Crippen LogP contribution in [-0.4, -0.2) is 14.8 Å². The molecule has 0 aliphatic carbocycles. The molecule has 2 rings (SSSR count). The van der Waals surface area contributed by atoms with Gasteiger partial charge in [0, 0.05) is 6.42 Å². The third kappa shape index (κ3) is 7.06. The molecular formula is C20H33N3S2. The highest BCUT2D eigenvalue weighted by molar-refractivity contribution is 7.71. The number of aromatic amines is 1. The fourth-order valence-corrected chi connectivity index (χ4v) is 4.44. The third-order valence-electron chi connectivity index (χ3n) is 4.68. The molecule has 140 valence electrons. The summed E-state index contributed by atoms with van der Waals surface area (Å²) in [4.78, 5) is 0. The summed E-state index contributed by atoms with van der Waals surface area (Å²) < 4.78 is 2.81. The largest absolute Gasteiger partial charge is 0.263 e. The number of nitrogens with zero attached hydrogens (tertiary/aromatic N) is 2. The van der Waals surface area contributed by atoms with Gasteiger partial charge in [-0.3, -0.25) is 9.67 Å². The van der Waals surface area contributed by atoms with Crippen LogP contribution in [0.4, 0.5) is 0 Å². The predicted octanol–water partition coefficient (Wildman–Crippen LogP) is 7.15. The molecule has 0 saturated carbocycles. The molecule has 0 aliphatic heterocycles. The monoisotopic (exact) mass is 379 g/mol. The Kier molecular flexibility index (Phi) is 9.48. The van der Waals surface area contributed by atoms with Gasteiger partial charge in [-0.1, -0.05) is 71.1 Å². The lowest BCUT2D eigenvalue weighted by Crippen LogP contribution is -2.00. The Morgan fingerprint density at radius 2 is 1.60 bits per heavy atom. The van der Waals surface area contributed by atoms with E-state index in [0.29, 0.717) is 4.77 Å². The second-order valence-corrected chi connectivity index (χ2v) is 8.30. The molecule has 2 heterocycles. The molecule has 0 spiro atoms. The van der Waals surface area contributed by atoms with Crippen LogP contribution in [0.1, 0.15) is 88.9 Å². The topological polar surface area (TPSA) is 33.6 Å². The van der Waals surface area contributed by atoms with Gasteiger partial charge >= 0.3 is 0 Å². The highest BCUT2D eigenvalue weighted by Crippen LogP contribution is 2.21. The summed E-state index contributed by atoms with van der Waals surface area (Å²) in [5, 5.41) is 10.7. The number of rotatable bonds is 13. The molecule has 2 aromatic rings. The van der Waals surface area contributed by atoms with Gasteiger partial charge in [0.1, 0.15) is 10.8 Å². The minimum atomic E-state index is 0.708. The first-order chi connectivity index (χ1) is 12.2. The number of aromatic nitrogens is 3. The minimum absolute atomic E-state index is 0.708. The van der Waals surface area contributed by atoms with Crippen molar-refractivity contribution in [1.82, 2.24) is 14.8 Å². The number of thiophene rings is 1. The van der Waals surface area contributed by atoms with Crippen LogP contribution in [0.25, 0.3) is 5.00 Å². The van der Waals surface area contributed by atoms with E-state index >= 15 is 0 Å². The zero-order valence-corrected chi connectivity index (χ0v) is 17.5. The molecule has 0 fully saturated rings. The van der Waals surface area contributed by atoms with E-state index in [4.69, 9.17) is 12.2 Å². The second-order valence-electron chi connectivity index (χ2n) is 7.03. The average Bonchev–Trinajstić information content (AvgIpc) is 3.18. The molecule has 2 aromatic heterocycles. The lowest BCUT2D eigenvalue weighted by molar-refractivity contribution is 0.547. The van der Waals surface area contributed by atoms with Crippen molar-refractivity contribution in [2.75, 3.05) is 0 Å². The zero-order chi connectivity index (χ0) is 17.9. The van der Waals surface area contributed by atoms with E-state index < -0.39 is 0 Å². The first-order valence-corrected chi connectivity index (χ1v) is 11.2. The fraction of sp³-hybridized carbons (Fsp3) is 0.700. The summed E-state index contributed by atoms with van der Waals surface area (Å²) in [5.41, 5.74) is 1.28. The molecular weight excluding hydrogens is 346 g/mol. The number of aryl methyl sites for hydroxylation is 2. The fourth-order valence-electron chi connectivity index (χ4n) is 3.21. The Bertz CT molecular complexity index is 654. The molecule has 1 N–H and O–H groups in total. The Morgan fingerprint density at radius 3 is 2.16 bits per heavy atom. The van der Waals surface area contributed by atoms with Gasteiger partial charge < -0.3 is 0 Å². The van der Waals surface area contributed by atoms with Crippen LogP contribution in [-0.2, 0) is 6.42 Å². The van der Waals surface area contributed by atoms with Crippen LogP contribution in [0.3, 0.4) is 0 Å². The van der Waals surface area contributed by atoms with Crippen molar-refractivity contribution in [3.63, 3.8) is 0 Å². The van der Waals surface area contributed by atoms with Gasteiger partial charge in [0.05, 0.1) is 0 Å². The molecule has 0 radical (unpaired) electrons. The maximum Gasteiger partial charge on any atom is 0.200 e. The first kappa shape index (κ1) is 20.4. The van der Waals surface area contributed by atoms with Gasteiger partial charge in [-0.05, 0) is 42.6 Å². The Hall–Kier alpha value is -0.940. The molecule has 0 saturated heterocycles. The van der Waals surface area contributed by atoms with Crippen molar-refractivity contribution in [3.05, 3.63) is 27.6 Å². The molecule has 0 atom stereocenters. The number of hydrogen-bond donors (Lipinski definition) is 1. The molecule has 0 aliphatic rings. The van der Waals surface area contributed by atoms with Crippen LogP contribution in [0.5, 0.6) is 0 Å². The van der Waals surface area contributed by atoms with Gasteiger partial charge in [0.2, 0.25) is 4.77 Å². The predicted molar refractivity (Wildman–Crippen MR) is 112 cm³/mol. The summed E-state index contributed by atoms with van der Waals surface area (Å²) in [6.45, 7) is 4.40.